The van der Waals surface area contributed by atoms with Crippen LogP contribution in [0.1, 0.15) is 27.6 Å². The van der Waals surface area contributed by atoms with Crippen molar-refractivity contribution < 1.29 is 29.7 Å². The molecule has 0 fully saturated rings. The Morgan fingerprint density at radius 1 is 0.727 bits per heavy atom. The molecule has 170 valence electrons. The Labute approximate surface area is 214 Å². The molecule has 0 atom stereocenters. The zero-order chi connectivity index (χ0) is 22.6. The van der Waals surface area contributed by atoms with Crippen LogP contribution in [0.5, 0.6) is 0 Å². The van der Waals surface area contributed by atoms with Gasteiger partial charge < -0.3 is 5.11 Å². The number of pyridine rings is 4. The van der Waals surface area contributed by atoms with Crippen molar-refractivity contribution in [3.63, 3.8) is 0 Å². The molecule has 0 aromatic carbocycles. The van der Waals surface area contributed by atoms with Crippen molar-refractivity contribution >= 4 is 21.9 Å². The molecule has 0 saturated heterocycles. The standard InChI is InChI=1S/C18H18N4.C6H4BrNO2.Os/c1-4-10-19-16(7-1)13-22(14-17-8-2-5-11-20-17)15-18-9-3-6-12-21-18;7-4-1-2-8-5(3-4)6(9)10;/h1-12H,13-15H2;1-3H,(H,9,10);. The fourth-order valence-corrected chi connectivity index (χ4v) is 3.19. The van der Waals surface area contributed by atoms with Crippen LogP contribution in [0.25, 0.3) is 0 Å². The van der Waals surface area contributed by atoms with E-state index in [2.05, 4.69) is 40.8 Å². The predicted octanol–water partition coefficient (Wildman–Crippen LogP) is 4.61. The first-order chi connectivity index (χ1) is 15.6. The summed E-state index contributed by atoms with van der Waals surface area (Å²) in [6, 6.07) is 21.1. The third kappa shape index (κ3) is 9.66. The Hall–Kier alpha value is -2.85. The molecule has 4 rings (SSSR count). The van der Waals surface area contributed by atoms with Crippen molar-refractivity contribution in [2.24, 2.45) is 0 Å². The average Bonchev–Trinajstić information content (AvgIpc) is 2.81. The minimum Gasteiger partial charge on any atom is -0.477 e. The van der Waals surface area contributed by atoms with Gasteiger partial charge in [0.15, 0.2) is 0 Å². The zero-order valence-corrected chi connectivity index (χ0v) is 21.7. The Kier molecular flexibility index (Phi) is 11.5. The predicted molar refractivity (Wildman–Crippen MR) is 125 cm³/mol. The van der Waals surface area contributed by atoms with Gasteiger partial charge in [0.1, 0.15) is 5.69 Å². The van der Waals surface area contributed by atoms with Gasteiger partial charge in [-0.25, -0.2) is 9.78 Å². The van der Waals surface area contributed by atoms with Crippen molar-refractivity contribution in [3.8, 4) is 0 Å². The van der Waals surface area contributed by atoms with Gasteiger partial charge in [-0.3, -0.25) is 19.9 Å². The molecule has 9 heteroatoms. The maximum atomic E-state index is 10.3. The number of aromatic carboxylic acids is 1. The average molecular weight is 683 g/mol. The van der Waals surface area contributed by atoms with E-state index in [1.807, 2.05) is 73.2 Å². The summed E-state index contributed by atoms with van der Waals surface area (Å²) in [4.78, 5) is 29.4. The van der Waals surface area contributed by atoms with Crippen LogP contribution in [-0.2, 0) is 39.4 Å². The van der Waals surface area contributed by atoms with E-state index in [0.29, 0.717) is 0 Å². The third-order valence-corrected chi connectivity index (χ3v) is 4.77. The van der Waals surface area contributed by atoms with E-state index < -0.39 is 5.97 Å². The van der Waals surface area contributed by atoms with E-state index in [9.17, 15) is 4.79 Å². The maximum Gasteiger partial charge on any atom is 0.354 e. The molecule has 0 unspecified atom stereocenters. The van der Waals surface area contributed by atoms with Gasteiger partial charge in [-0.05, 0) is 48.5 Å². The molecule has 4 aromatic heterocycles. The fraction of sp³-hybridized carbons (Fsp3) is 0.125. The molecule has 0 aliphatic rings. The molecule has 0 saturated carbocycles. The van der Waals surface area contributed by atoms with E-state index >= 15 is 0 Å². The van der Waals surface area contributed by atoms with Crippen molar-refractivity contribution in [1.82, 2.24) is 24.8 Å². The summed E-state index contributed by atoms with van der Waals surface area (Å²) in [5.41, 5.74) is 3.20. The Balaban J connectivity index is 0.000000297. The van der Waals surface area contributed by atoms with Crippen LogP contribution in [0, 0.1) is 0 Å². The van der Waals surface area contributed by atoms with Crippen LogP contribution in [0.3, 0.4) is 0 Å². The summed E-state index contributed by atoms with van der Waals surface area (Å²) in [6.07, 6.45) is 6.92. The maximum absolute atomic E-state index is 10.3. The van der Waals surface area contributed by atoms with E-state index in [1.165, 1.54) is 12.3 Å². The van der Waals surface area contributed by atoms with Crippen LogP contribution < -0.4 is 0 Å². The molecule has 0 spiro atoms. The molecule has 1 N–H and O–H groups in total. The quantitative estimate of drug-likeness (QED) is 0.305. The molecule has 7 nitrogen and oxygen atoms in total. The van der Waals surface area contributed by atoms with Gasteiger partial charge in [0, 0.05) is 68.7 Å². The first-order valence-corrected chi connectivity index (χ1v) is 10.7. The first-order valence-electron chi connectivity index (χ1n) is 9.87. The number of hydrogen-bond acceptors (Lipinski definition) is 6. The normalized spacial score (nSPS) is 10.0. The molecule has 33 heavy (non-hydrogen) atoms. The van der Waals surface area contributed by atoms with Gasteiger partial charge in [0.05, 0.1) is 17.1 Å². The van der Waals surface area contributed by atoms with E-state index in [-0.39, 0.29) is 25.5 Å². The van der Waals surface area contributed by atoms with Crippen molar-refractivity contribution in [3.05, 3.63) is 119 Å². The first kappa shape index (κ1) is 26.4. The molecule has 0 aliphatic heterocycles. The molecule has 0 amide bonds. The molecule has 0 bridgehead atoms. The van der Waals surface area contributed by atoms with E-state index in [1.54, 1.807) is 6.07 Å². The monoisotopic (exact) mass is 683 g/mol. The minimum absolute atomic E-state index is 0. The van der Waals surface area contributed by atoms with Crippen LogP contribution in [0.15, 0.2) is 96.0 Å². The van der Waals surface area contributed by atoms with Crippen molar-refractivity contribution in [2.45, 2.75) is 19.6 Å². The minimum atomic E-state index is -1.01. The van der Waals surface area contributed by atoms with Gasteiger partial charge in [-0.15, -0.1) is 0 Å². The number of aromatic nitrogens is 4. The molecular weight excluding hydrogens is 660 g/mol. The van der Waals surface area contributed by atoms with E-state index in [0.717, 1.165) is 41.2 Å². The number of carbonyl (C=O) groups is 1. The Bertz CT molecular complexity index is 1010. The largest absolute Gasteiger partial charge is 0.477 e. The topological polar surface area (TPSA) is 92.1 Å². The summed E-state index contributed by atoms with van der Waals surface area (Å²) in [5.74, 6) is -1.01. The number of halogens is 1. The molecule has 0 aliphatic carbocycles. The van der Waals surface area contributed by atoms with Gasteiger partial charge >= 0.3 is 5.97 Å². The van der Waals surface area contributed by atoms with Crippen LogP contribution in [0.4, 0.5) is 0 Å². The van der Waals surface area contributed by atoms with Gasteiger partial charge in [0.25, 0.3) is 0 Å². The number of nitrogens with zero attached hydrogens (tertiary/aromatic N) is 5. The fourth-order valence-electron chi connectivity index (χ4n) is 2.85. The van der Waals surface area contributed by atoms with Crippen LogP contribution in [-0.4, -0.2) is 35.9 Å². The number of hydrogen-bond donors (Lipinski definition) is 1. The van der Waals surface area contributed by atoms with Crippen LogP contribution >= 0.6 is 15.9 Å². The van der Waals surface area contributed by atoms with Crippen molar-refractivity contribution in [1.29, 1.82) is 0 Å². The second-order valence-corrected chi connectivity index (χ2v) is 7.69. The molecule has 0 radical (unpaired) electrons. The van der Waals surface area contributed by atoms with E-state index in [4.69, 9.17) is 5.11 Å². The van der Waals surface area contributed by atoms with Crippen molar-refractivity contribution in [2.75, 3.05) is 0 Å². The number of carboxylic acids is 1. The van der Waals surface area contributed by atoms with Gasteiger partial charge in [-0.1, -0.05) is 34.1 Å². The second kappa shape index (κ2) is 14.3. The smallest absolute Gasteiger partial charge is 0.354 e. The summed E-state index contributed by atoms with van der Waals surface area (Å²) < 4.78 is 0.722. The van der Waals surface area contributed by atoms with Gasteiger partial charge in [-0.2, -0.15) is 0 Å². The zero-order valence-electron chi connectivity index (χ0n) is 17.6. The Morgan fingerprint density at radius 3 is 1.48 bits per heavy atom. The third-order valence-electron chi connectivity index (χ3n) is 4.28. The molecular formula is C24H22BrN5O2Os. The summed E-state index contributed by atoms with van der Waals surface area (Å²) >= 11 is 3.13. The summed E-state index contributed by atoms with van der Waals surface area (Å²) in [5, 5.41) is 8.43. The number of carboxylic acid groups (broad SMARTS) is 1. The number of rotatable bonds is 7. The summed E-state index contributed by atoms with van der Waals surface area (Å²) in [6.45, 7) is 2.32. The SMILES string of the molecule is O=C(O)c1cc(Br)ccn1.[Os].c1ccc(CN(Cc2ccccn2)Cc2ccccn2)nc1. The molecule has 4 heterocycles. The summed E-state index contributed by atoms with van der Waals surface area (Å²) in [7, 11) is 0. The van der Waals surface area contributed by atoms with Crippen LogP contribution in [0.2, 0.25) is 0 Å². The van der Waals surface area contributed by atoms with Gasteiger partial charge in [0.2, 0.25) is 0 Å². The Morgan fingerprint density at radius 2 is 1.18 bits per heavy atom. The second-order valence-electron chi connectivity index (χ2n) is 6.77. The molecule has 4 aromatic rings.